The molecule has 0 spiro atoms. The van der Waals surface area contributed by atoms with Gasteiger partial charge in [0.05, 0.1) is 13.0 Å². The summed E-state index contributed by atoms with van der Waals surface area (Å²) in [5, 5.41) is 3.40. The van der Waals surface area contributed by atoms with Crippen LogP contribution in [0.15, 0.2) is 60.7 Å². The second-order valence-electron chi connectivity index (χ2n) is 8.89. The van der Waals surface area contributed by atoms with Crippen LogP contribution in [0.25, 0.3) is 0 Å². The van der Waals surface area contributed by atoms with E-state index in [1.54, 1.807) is 7.11 Å². The highest BCUT2D eigenvalue weighted by atomic mass is 16.5. The van der Waals surface area contributed by atoms with Gasteiger partial charge in [-0.3, -0.25) is 9.69 Å². The monoisotopic (exact) mass is 402 g/mol. The van der Waals surface area contributed by atoms with Crippen LogP contribution in [0.1, 0.15) is 48.3 Å². The van der Waals surface area contributed by atoms with Gasteiger partial charge in [0.2, 0.25) is 5.91 Å². The molecule has 2 heterocycles. The number of hydrogen-bond donors (Lipinski definition) is 1. The number of methoxy groups -OCH3 is 1. The standard InChI is InChI=1S/C26H30N2O2/c1-30-23-13-9-18(10-14-23)17-28-21-11-12-22(28)16-20(15-21)27-26(29)25-8-4-6-19-5-2-3-7-24(19)25/h2-5,7-10,13-14,20-22,25H,6,11-12,15-17H2,1H3,(H,27,29). The van der Waals surface area contributed by atoms with Gasteiger partial charge in [-0.2, -0.15) is 0 Å². The van der Waals surface area contributed by atoms with Crippen LogP contribution in [0.5, 0.6) is 5.75 Å². The van der Waals surface area contributed by atoms with Gasteiger partial charge in [0, 0.05) is 24.7 Å². The van der Waals surface area contributed by atoms with Gasteiger partial charge in [0.25, 0.3) is 0 Å². The molecular formula is C26H30N2O2. The van der Waals surface area contributed by atoms with E-state index < -0.39 is 0 Å². The van der Waals surface area contributed by atoms with Crippen molar-refractivity contribution in [2.45, 2.75) is 62.7 Å². The van der Waals surface area contributed by atoms with Crippen LogP contribution in [-0.4, -0.2) is 36.0 Å². The third-order valence-corrected chi connectivity index (χ3v) is 7.09. The Balaban J connectivity index is 1.22. The molecule has 0 radical (unpaired) electrons. The van der Waals surface area contributed by atoms with Crippen LogP contribution < -0.4 is 10.1 Å². The van der Waals surface area contributed by atoms with E-state index in [0.717, 1.165) is 37.1 Å². The van der Waals surface area contributed by atoms with Crippen molar-refractivity contribution in [3.63, 3.8) is 0 Å². The number of nitrogens with zero attached hydrogens (tertiary/aromatic N) is 1. The minimum atomic E-state index is -0.148. The van der Waals surface area contributed by atoms with Crippen LogP contribution in [-0.2, 0) is 17.8 Å². The Morgan fingerprint density at radius 1 is 1.07 bits per heavy atom. The van der Waals surface area contributed by atoms with E-state index in [1.165, 1.54) is 24.0 Å². The lowest BCUT2D eigenvalue weighted by Gasteiger charge is -2.39. The molecule has 156 valence electrons. The van der Waals surface area contributed by atoms with E-state index in [4.69, 9.17) is 4.74 Å². The number of hydrogen-bond acceptors (Lipinski definition) is 3. The van der Waals surface area contributed by atoms with Crippen LogP contribution in [0.4, 0.5) is 0 Å². The van der Waals surface area contributed by atoms with Gasteiger partial charge in [-0.1, -0.05) is 48.6 Å². The Labute approximate surface area is 178 Å². The fraction of sp³-hybridized carbons (Fsp3) is 0.423. The van der Waals surface area contributed by atoms with Crippen molar-refractivity contribution in [2.75, 3.05) is 7.11 Å². The molecule has 2 saturated heterocycles. The summed E-state index contributed by atoms with van der Waals surface area (Å²) in [6.45, 7) is 0.985. The molecule has 2 aliphatic heterocycles. The van der Waals surface area contributed by atoms with Gasteiger partial charge in [-0.25, -0.2) is 0 Å². The highest BCUT2D eigenvalue weighted by Crippen LogP contribution is 2.37. The van der Waals surface area contributed by atoms with E-state index in [-0.39, 0.29) is 17.9 Å². The lowest BCUT2D eigenvalue weighted by Crippen LogP contribution is -2.50. The van der Waals surface area contributed by atoms with Gasteiger partial charge in [0.1, 0.15) is 5.75 Å². The third kappa shape index (κ3) is 3.77. The molecule has 3 aliphatic rings. The number of allylic oxidation sites excluding steroid dienone is 1. The Morgan fingerprint density at radius 3 is 2.53 bits per heavy atom. The molecule has 30 heavy (non-hydrogen) atoms. The number of piperidine rings is 1. The quantitative estimate of drug-likeness (QED) is 0.762. The lowest BCUT2D eigenvalue weighted by atomic mass is 9.86. The van der Waals surface area contributed by atoms with E-state index in [9.17, 15) is 4.79 Å². The number of fused-ring (bicyclic) bond motifs is 3. The van der Waals surface area contributed by atoms with Crippen LogP contribution >= 0.6 is 0 Å². The van der Waals surface area contributed by atoms with Gasteiger partial charge in [-0.15, -0.1) is 0 Å². The first-order chi connectivity index (χ1) is 14.7. The number of carbonyl (C=O) groups is 1. The van der Waals surface area contributed by atoms with E-state index in [2.05, 4.69) is 52.7 Å². The Morgan fingerprint density at radius 2 is 1.80 bits per heavy atom. The minimum Gasteiger partial charge on any atom is -0.497 e. The normalized spacial score (nSPS) is 27.5. The van der Waals surface area contributed by atoms with Crippen molar-refractivity contribution in [3.05, 3.63) is 77.4 Å². The largest absolute Gasteiger partial charge is 0.497 e. The van der Waals surface area contributed by atoms with Crippen LogP contribution in [0.2, 0.25) is 0 Å². The number of carbonyl (C=O) groups excluding carboxylic acids is 1. The van der Waals surface area contributed by atoms with Gasteiger partial charge in [0.15, 0.2) is 0 Å². The third-order valence-electron chi connectivity index (χ3n) is 7.09. The molecule has 3 atom stereocenters. The van der Waals surface area contributed by atoms with Crippen molar-refractivity contribution in [1.82, 2.24) is 10.2 Å². The molecule has 2 bridgehead atoms. The predicted molar refractivity (Wildman–Crippen MR) is 119 cm³/mol. The molecule has 0 aromatic heterocycles. The fourth-order valence-electron chi connectivity index (χ4n) is 5.57. The van der Waals surface area contributed by atoms with Crippen LogP contribution in [0.3, 0.4) is 0 Å². The maximum absolute atomic E-state index is 13.1. The molecule has 1 amide bonds. The molecule has 1 N–H and O–H groups in total. The summed E-state index contributed by atoms with van der Waals surface area (Å²) in [5.74, 6) is 0.915. The smallest absolute Gasteiger partial charge is 0.231 e. The summed E-state index contributed by atoms with van der Waals surface area (Å²) >= 11 is 0. The molecule has 4 nitrogen and oxygen atoms in total. The van der Waals surface area contributed by atoms with Crippen molar-refractivity contribution in [3.8, 4) is 5.75 Å². The number of ether oxygens (including phenoxy) is 1. The topological polar surface area (TPSA) is 41.6 Å². The number of rotatable bonds is 5. The zero-order chi connectivity index (χ0) is 20.5. The van der Waals surface area contributed by atoms with E-state index in [0.29, 0.717) is 12.1 Å². The fourth-order valence-corrected chi connectivity index (χ4v) is 5.57. The molecule has 4 heteroatoms. The summed E-state index contributed by atoms with van der Waals surface area (Å²) in [5.41, 5.74) is 3.77. The van der Waals surface area contributed by atoms with E-state index >= 15 is 0 Å². The maximum Gasteiger partial charge on any atom is 0.231 e. The summed E-state index contributed by atoms with van der Waals surface area (Å²) in [4.78, 5) is 15.8. The molecule has 2 aromatic rings. The number of benzene rings is 2. The Bertz CT molecular complexity index is 922. The summed E-state index contributed by atoms with van der Waals surface area (Å²) in [7, 11) is 1.70. The molecule has 0 saturated carbocycles. The van der Waals surface area contributed by atoms with Crippen molar-refractivity contribution >= 4 is 5.91 Å². The van der Waals surface area contributed by atoms with Gasteiger partial charge < -0.3 is 10.1 Å². The van der Waals surface area contributed by atoms with Crippen molar-refractivity contribution < 1.29 is 9.53 Å². The summed E-state index contributed by atoms with van der Waals surface area (Å²) in [6, 6.07) is 18.2. The van der Waals surface area contributed by atoms with E-state index in [1.807, 2.05) is 18.2 Å². The summed E-state index contributed by atoms with van der Waals surface area (Å²) < 4.78 is 5.28. The molecule has 1 aliphatic carbocycles. The first kappa shape index (κ1) is 19.4. The SMILES string of the molecule is COc1ccc(CN2C3CCC2CC(NC(=O)C2C=CCc4ccccc42)C3)cc1. The number of amides is 1. The van der Waals surface area contributed by atoms with Crippen molar-refractivity contribution in [2.24, 2.45) is 0 Å². The predicted octanol–water partition coefficient (Wildman–Crippen LogP) is 4.20. The van der Waals surface area contributed by atoms with Gasteiger partial charge >= 0.3 is 0 Å². The highest BCUT2D eigenvalue weighted by Gasteiger charge is 2.41. The zero-order valence-corrected chi connectivity index (χ0v) is 17.6. The molecule has 3 unspecified atom stereocenters. The lowest BCUT2D eigenvalue weighted by molar-refractivity contribution is -0.122. The van der Waals surface area contributed by atoms with Crippen molar-refractivity contribution in [1.29, 1.82) is 0 Å². The maximum atomic E-state index is 13.1. The highest BCUT2D eigenvalue weighted by molar-refractivity contribution is 5.86. The first-order valence-electron chi connectivity index (χ1n) is 11.1. The average molecular weight is 403 g/mol. The minimum absolute atomic E-state index is 0.148. The molecular weight excluding hydrogens is 372 g/mol. The Hall–Kier alpha value is -2.59. The molecule has 5 rings (SSSR count). The number of nitrogens with one attached hydrogen (secondary N) is 1. The zero-order valence-electron chi connectivity index (χ0n) is 17.6. The first-order valence-corrected chi connectivity index (χ1v) is 11.1. The molecule has 2 fully saturated rings. The average Bonchev–Trinajstić information content (AvgIpc) is 3.01. The second-order valence-corrected chi connectivity index (χ2v) is 8.89. The second kappa shape index (κ2) is 8.27. The van der Waals surface area contributed by atoms with Gasteiger partial charge in [-0.05, 0) is 60.9 Å². The summed E-state index contributed by atoms with van der Waals surface area (Å²) in [6.07, 6.45) is 9.71. The molecule has 2 aromatic carbocycles. The Kier molecular flexibility index (Phi) is 5.34. The van der Waals surface area contributed by atoms with Crippen LogP contribution in [0, 0.1) is 0 Å².